The Bertz CT molecular complexity index is 1330. The van der Waals surface area contributed by atoms with Gasteiger partial charge in [0.2, 0.25) is 5.95 Å². The van der Waals surface area contributed by atoms with Crippen molar-refractivity contribution in [3.63, 3.8) is 0 Å². The van der Waals surface area contributed by atoms with E-state index in [9.17, 15) is 4.79 Å². The van der Waals surface area contributed by atoms with Gasteiger partial charge in [-0.05, 0) is 56.0 Å². The first-order chi connectivity index (χ1) is 18.4. The highest BCUT2D eigenvalue weighted by atomic mass is 16.5. The number of rotatable bonds is 7. The molecular formula is C30H36N4O4. The van der Waals surface area contributed by atoms with Gasteiger partial charge >= 0.3 is 5.97 Å². The molecule has 3 aromatic rings. The van der Waals surface area contributed by atoms with E-state index in [1.165, 1.54) is 29.4 Å². The highest BCUT2D eigenvalue weighted by Crippen LogP contribution is 2.38. The Morgan fingerprint density at radius 2 is 1.79 bits per heavy atom. The number of carbonyl (C=O) groups excluding carboxylic acids is 1. The van der Waals surface area contributed by atoms with Crippen molar-refractivity contribution in [3.05, 3.63) is 64.0 Å². The van der Waals surface area contributed by atoms with Crippen LogP contribution in [0.25, 0.3) is 11.1 Å². The number of aryl methyl sites for hydroxylation is 3. The summed E-state index contributed by atoms with van der Waals surface area (Å²) in [5, 5.41) is 3.56. The number of hydrogen-bond donors (Lipinski definition) is 1. The molecule has 8 nitrogen and oxygen atoms in total. The topological polar surface area (TPSA) is 85.8 Å². The Hall–Kier alpha value is -3.65. The van der Waals surface area contributed by atoms with Gasteiger partial charge in [-0.1, -0.05) is 18.2 Å². The Balaban J connectivity index is 1.36. The van der Waals surface area contributed by atoms with E-state index in [0.29, 0.717) is 32.8 Å². The summed E-state index contributed by atoms with van der Waals surface area (Å²) in [7, 11) is 1.42. The molecule has 3 heterocycles. The van der Waals surface area contributed by atoms with Crippen molar-refractivity contribution in [2.45, 2.75) is 46.6 Å². The maximum atomic E-state index is 11.7. The fraction of sp³-hybridized carbons (Fsp3) is 0.433. The van der Waals surface area contributed by atoms with E-state index in [1.807, 2.05) is 12.1 Å². The molecule has 1 atom stereocenters. The standard InChI is InChI=1S/C30H36N4O4/c1-18-6-7-22(16-31-24-8-9-25-23(14-27(35)36-5)17-38-26(25)15-24)19(2)28(18)29-20(3)32-30(33-21(29)4)34-10-12-37-13-11-34/h6-9,15,23,31H,10-14,16-17H2,1-5H3/t23-/m1/s1. The maximum absolute atomic E-state index is 11.7. The molecule has 2 aromatic carbocycles. The zero-order valence-corrected chi connectivity index (χ0v) is 22.9. The van der Waals surface area contributed by atoms with Gasteiger partial charge in [0.15, 0.2) is 0 Å². The van der Waals surface area contributed by atoms with Gasteiger partial charge in [-0.3, -0.25) is 4.79 Å². The van der Waals surface area contributed by atoms with Gasteiger partial charge in [-0.2, -0.15) is 0 Å². The number of methoxy groups -OCH3 is 1. The summed E-state index contributed by atoms with van der Waals surface area (Å²) in [6, 6.07) is 10.5. The first kappa shape index (κ1) is 26.0. The number of nitrogens with zero attached hydrogens (tertiary/aromatic N) is 3. The Kier molecular flexibility index (Phi) is 7.51. The van der Waals surface area contributed by atoms with Crippen LogP contribution >= 0.6 is 0 Å². The second kappa shape index (κ2) is 11.0. The van der Waals surface area contributed by atoms with Gasteiger partial charge in [0.1, 0.15) is 5.75 Å². The average Bonchev–Trinajstić information content (AvgIpc) is 3.31. The molecule has 0 spiro atoms. The zero-order chi connectivity index (χ0) is 26.8. The largest absolute Gasteiger partial charge is 0.493 e. The minimum atomic E-state index is -0.217. The lowest BCUT2D eigenvalue weighted by Crippen LogP contribution is -2.37. The van der Waals surface area contributed by atoms with Gasteiger partial charge in [-0.25, -0.2) is 9.97 Å². The molecule has 2 aliphatic rings. The maximum Gasteiger partial charge on any atom is 0.306 e. The molecule has 1 fully saturated rings. The van der Waals surface area contributed by atoms with Crippen LogP contribution in [-0.2, 0) is 20.8 Å². The summed E-state index contributed by atoms with van der Waals surface area (Å²) in [6.07, 6.45) is 0.331. The summed E-state index contributed by atoms with van der Waals surface area (Å²) >= 11 is 0. The number of carbonyl (C=O) groups is 1. The second-order valence-corrected chi connectivity index (χ2v) is 10.1. The molecule has 0 radical (unpaired) electrons. The smallest absolute Gasteiger partial charge is 0.306 e. The summed E-state index contributed by atoms with van der Waals surface area (Å²) < 4.78 is 16.2. The van der Waals surface area contributed by atoms with Crippen molar-refractivity contribution in [1.82, 2.24) is 9.97 Å². The number of nitrogens with one attached hydrogen (secondary N) is 1. The molecule has 200 valence electrons. The van der Waals surface area contributed by atoms with Crippen LogP contribution in [0.4, 0.5) is 11.6 Å². The van der Waals surface area contributed by atoms with Crippen molar-refractivity contribution in [2.24, 2.45) is 0 Å². The van der Waals surface area contributed by atoms with E-state index in [0.717, 1.165) is 53.0 Å². The highest BCUT2D eigenvalue weighted by molar-refractivity contribution is 5.76. The van der Waals surface area contributed by atoms with Crippen molar-refractivity contribution >= 4 is 17.6 Å². The van der Waals surface area contributed by atoms with Gasteiger partial charge in [-0.15, -0.1) is 0 Å². The third-order valence-electron chi connectivity index (χ3n) is 7.61. The van der Waals surface area contributed by atoms with Crippen LogP contribution < -0.4 is 15.0 Å². The number of hydrogen-bond acceptors (Lipinski definition) is 8. The number of ether oxygens (including phenoxy) is 3. The molecular weight excluding hydrogens is 480 g/mol. The van der Waals surface area contributed by atoms with Crippen LogP contribution in [0, 0.1) is 27.7 Å². The van der Waals surface area contributed by atoms with Crippen molar-refractivity contribution < 1.29 is 19.0 Å². The Morgan fingerprint density at radius 3 is 2.50 bits per heavy atom. The minimum Gasteiger partial charge on any atom is -0.493 e. The van der Waals surface area contributed by atoms with Crippen molar-refractivity contribution in [3.8, 4) is 16.9 Å². The van der Waals surface area contributed by atoms with Gasteiger partial charge in [0.05, 0.1) is 44.7 Å². The molecule has 1 aromatic heterocycles. The Labute approximate surface area is 224 Å². The molecule has 0 aliphatic carbocycles. The number of esters is 1. The fourth-order valence-corrected chi connectivity index (χ4v) is 5.47. The molecule has 1 saturated heterocycles. The van der Waals surface area contributed by atoms with E-state index in [1.54, 1.807) is 0 Å². The van der Waals surface area contributed by atoms with E-state index >= 15 is 0 Å². The monoisotopic (exact) mass is 516 g/mol. The lowest BCUT2D eigenvalue weighted by Gasteiger charge is -2.28. The molecule has 0 unspecified atom stereocenters. The van der Waals surface area contributed by atoms with Crippen molar-refractivity contribution in [1.29, 1.82) is 0 Å². The Morgan fingerprint density at radius 1 is 1.05 bits per heavy atom. The molecule has 0 amide bonds. The van der Waals surface area contributed by atoms with Crippen LogP contribution in [0.2, 0.25) is 0 Å². The number of aromatic nitrogens is 2. The van der Waals surface area contributed by atoms with Crippen LogP contribution in [-0.4, -0.2) is 56.0 Å². The quantitative estimate of drug-likeness (QED) is 0.446. The highest BCUT2D eigenvalue weighted by Gasteiger charge is 2.27. The molecule has 0 bridgehead atoms. The van der Waals surface area contributed by atoms with E-state index in [-0.39, 0.29) is 11.9 Å². The normalized spacial score (nSPS) is 16.7. The SMILES string of the molecule is COC(=O)C[C@@H]1COc2cc(NCc3ccc(C)c(-c4c(C)nc(N5CCOCC5)nc4C)c3C)ccc21. The molecule has 1 N–H and O–H groups in total. The molecule has 5 rings (SSSR count). The van der Waals surface area contributed by atoms with Crippen LogP contribution in [0.3, 0.4) is 0 Å². The second-order valence-electron chi connectivity index (χ2n) is 10.1. The van der Waals surface area contributed by atoms with Gasteiger partial charge in [0, 0.05) is 48.4 Å². The van der Waals surface area contributed by atoms with Gasteiger partial charge < -0.3 is 24.4 Å². The number of benzene rings is 2. The van der Waals surface area contributed by atoms with Crippen molar-refractivity contribution in [2.75, 3.05) is 50.2 Å². The van der Waals surface area contributed by atoms with Crippen LogP contribution in [0.15, 0.2) is 30.3 Å². The first-order valence-corrected chi connectivity index (χ1v) is 13.2. The molecule has 38 heavy (non-hydrogen) atoms. The first-order valence-electron chi connectivity index (χ1n) is 13.2. The molecule has 8 heteroatoms. The number of anilines is 2. The average molecular weight is 517 g/mol. The predicted octanol–water partition coefficient (Wildman–Crippen LogP) is 4.87. The van der Waals surface area contributed by atoms with Gasteiger partial charge in [0.25, 0.3) is 0 Å². The lowest BCUT2D eigenvalue weighted by molar-refractivity contribution is -0.141. The molecule has 0 saturated carbocycles. The third-order valence-corrected chi connectivity index (χ3v) is 7.61. The number of fused-ring (bicyclic) bond motifs is 1. The summed E-state index contributed by atoms with van der Waals surface area (Å²) in [4.78, 5) is 23.7. The van der Waals surface area contributed by atoms with E-state index in [4.69, 9.17) is 24.2 Å². The predicted molar refractivity (Wildman–Crippen MR) is 148 cm³/mol. The third kappa shape index (κ3) is 5.18. The number of morpholine rings is 1. The molecule has 2 aliphatic heterocycles. The van der Waals surface area contributed by atoms with Crippen LogP contribution in [0.1, 0.15) is 46.0 Å². The fourth-order valence-electron chi connectivity index (χ4n) is 5.47. The summed E-state index contributed by atoms with van der Waals surface area (Å²) in [5.74, 6) is 1.43. The van der Waals surface area contributed by atoms with E-state index in [2.05, 4.69) is 56.1 Å². The lowest BCUT2D eigenvalue weighted by atomic mass is 9.90. The van der Waals surface area contributed by atoms with Crippen LogP contribution in [0.5, 0.6) is 5.75 Å². The van der Waals surface area contributed by atoms with E-state index < -0.39 is 0 Å². The summed E-state index contributed by atoms with van der Waals surface area (Å²) in [6.45, 7) is 12.7. The summed E-state index contributed by atoms with van der Waals surface area (Å²) in [5.41, 5.74) is 9.99. The zero-order valence-electron chi connectivity index (χ0n) is 22.9. The minimum absolute atomic E-state index is 0.0386.